The van der Waals surface area contributed by atoms with E-state index in [9.17, 15) is 9.59 Å². The average molecular weight is 457 g/mol. The number of carbonyl (C=O) groups is 2. The molecule has 1 N–H and O–H groups in total. The molecule has 0 bridgehead atoms. The van der Waals surface area contributed by atoms with Crippen molar-refractivity contribution in [3.63, 3.8) is 0 Å². The lowest BCUT2D eigenvalue weighted by Gasteiger charge is -2.13. The van der Waals surface area contributed by atoms with Crippen LogP contribution >= 0.6 is 27.5 Å². The quantitative estimate of drug-likeness (QED) is 0.583. The van der Waals surface area contributed by atoms with E-state index in [4.69, 9.17) is 25.8 Å². The molecule has 0 heterocycles. The van der Waals surface area contributed by atoms with Gasteiger partial charge >= 0.3 is 5.97 Å². The maximum atomic E-state index is 12.2. The van der Waals surface area contributed by atoms with Gasteiger partial charge in [0, 0.05) is 10.5 Å². The van der Waals surface area contributed by atoms with Gasteiger partial charge in [0.2, 0.25) is 0 Å². The Hall–Kier alpha value is -2.25. The topological polar surface area (TPSA) is 73.9 Å². The maximum Gasteiger partial charge on any atom is 0.340 e. The monoisotopic (exact) mass is 455 g/mol. The fraction of sp³-hybridized carbons (Fsp3) is 0.263. The molecule has 0 fully saturated rings. The van der Waals surface area contributed by atoms with Crippen LogP contribution in [0.5, 0.6) is 11.5 Å². The van der Waals surface area contributed by atoms with Crippen molar-refractivity contribution in [1.29, 1.82) is 0 Å². The maximum absolute atomic E-state index is 12.2. The smallest absolute Gasteiger partial charge is 0.340 e. The summed E-state index contributed by atoms with van der Waals surface area (Å²) in [4.78, 5) is 24.3. The molecule has 0 aliphatic carbocycles. The lowest BCUT2D eigenvalue weighted by atomic mass is 10.2. The summed E-state index contributed by atoms with van der Waals surface area (Å²) in [5.74, 6) is -0.113. The number of hydrogen-bond donors (Lipinski definition) is 1. The highest BCUT2D eigenvalue weighted by Gasteiger charge is 2.16. The molecule has 144 valence electrons. The molecule has 0 spiro atoms. The van der Waals surface area contributed by atoms with Crippen molar-refractivity contribution >= 4 is 45.1 Å². The van der Waals surface area contributed by atoms with Crippen LogP contribution in [0, 0.1) is 0 Å². The first-order chi connectivity index (χ1) is 12.9. The van der Waals surface area contributed by atoms with Crippen molar-refractivity contribution in [2.24, 2.45) is 0 Å². The van der Waals surface area contributed by atoms with Gasteiger partial charge in [0.15, 0.2) is 6.61 Å². The van der Waals surface area contributed by atoms with E-state index in [1.165, 1.54) is 6.07 Å². The Morgan fingerprint density at radius 1 is 1.07 bits per heavy atom. The number of ether oxygens (including phenoxy) is 3. The van der Waals surface area contributed by atoms with Gasteiger partial charge in [-0.05, 0) is 44.2 Å². The lowest BCUT2D eigenvalue weighted by molar-refractivity contribution is -0.119. The second-order valence-electron chi connectivity index (χ2n) is 5.27. The van der Waals surface area contributed by atoms with E-state index in [2.05, 4.69) is 21.2 Å². The standard InChI is InChI=1S/C19H19BrClNO5/c1-3-25-13-6-8-17(26-4-2)16(10-13)22-18(23)11-27-19(24)14-9-12(20)5-7-15(14)21/h5-10H,3-4,11H2,1-2H3,(H,22,23). The molecular formula is C19H19BrClNO5. The Morgan fingerprint density at radius 2 is 1.81 bits per heavy atom. The van der Waals surface area contributed by atoms with Crippen molar-refractivity contribution in [3.8, 4) is 11.5 Å². The normalized spacial score (nSPS) is 10.2. The largest absolute Gasteiger partial charge is 0.494 e. The molecule has 0 unspecified atom stereocenters. The number of benzene rings is 2. The number of halogens is 2. The van der Waals surface area contributed by atoms with E-state index in [1.807, 2.05) is 13.8 Å². The summed E-state index contributed by atoms with van der Waals surface area (Å²) in [5, 5.41) is 2.91. The van der Waals surface area contributed by atoms with E-state index in [0.29, 0.717) is 34.9 Å². The summed E-state index contributed by atoms with van der Waals surface area (Å²) in [7, 11) is 0. The zero-order chi connectivity index (χ0) is 19.8. The van der Waals surface area contributed by atoms with Gasteiger partial charge in [0.1, 0.15) is 11.5 Å². The number of anilines is 1. The van der Waals surface area contributed by atoms with Gasteiger partial charge < -0.3 is 19.5 Å². The minimum absolute atomic E-state index is 0.173. The molecule has 2 aromatic carbocycles. The highest BCUT2D eigenvalue weighted by Crippen LogP contribution is 2.29. The number of carbonyl (C=O) groups excluding carboxylic acids is 2. The van der Waals surface area contributed by atoms with Crippen LogP contribution in [0.2, 0.25) is 5.02 Å². The van der Waals surface area contributed by atoms with E-state index in [1.54, 1.807) is 30.3 Å². The first-order valence-corrected chi connectivity index (χ1v) is 9.43. The van der Waals surface area contributed by atoms with Gasteiger partial charge in [-0.3, -0.25) is 4.79 Å². The zero-order valence-corrected chi connectivity index (χ0v) is 17.2. The Balaban J connectivity index is 2.03. The highest BCUT2D eigenvalue weighted by molar-refractivity contribution is 9.10. The van der Waals surface area contributed by atoms with Crippen molar-refractivity contribution in [2.75, 3.05) is 25.1 Å². The second kappa shape index (κ2) is 10.2. The molecular weight excluding hydrogens is 438 g/mol. The third kappa shape index (κ3) is 6.15. The van der Waals surface area contributed by atoms with Crippen molar-refractivity contribution in [2.45, 2.75) is 13.8 Å². The van der Waals surface area contributed by atoms with Crippen LogP contribution in [0.3, 0.4) is 0 Å². The van der Waals surface area contributed by atoms with Crippen molar-refractivity contribution in [3.05, 3.63) is 51.5 Å². The van der Waals surface area contributed by atoms with Gasteiger partial charge in [-0.15, -0.1) is 0 Å². The zero-order valence-electron chi connectivity index (χ0n) is 14.9. The number of rotatable bonds is 8. The molecule has 0 aliphatic heterocycles. The van der Waals surface area contributed by atoms with Crippen LogP contribution in [0.1, 0.15) is 24.2 Å². The van der Waals surface area contributed by atoms with E-state index < -0.39 is 18.5 Å². The van der Waals surface area contributed by atoms with Crippen LogP contribution in [-0.2, 0) is 9.53 Å². The molecule has 0 saturated carbocycles. The van der Waals surface area contributed by atoms with E-state index >= 15 is 0 Å². The van der Waals surface area contributed by atoms with Gasteiger partial charge in [-0.25, -0.2) is 4.79 Å². The number of esters is 1. The third-order valence-electron chi connectivity index (χ3n) is 3.32. The molecule has 0 aromatic heterocycles. The molecule has 8 heteroatoms. The van der Waals surface area contributed by atoms with E-state index in [-0.39, 0.29) is 10.6 Å². The highest BCUT2D eigenvalue weighted by atomic mass is 79.9. The molecule has 27 heavy (non-hydrogen) atoms. The van der Waals surface area contributed by atoms with Crippen LogP contribution in [0.25, 0.3) is 0 Å². The predicted molar refractivity (Wildman–Crippen MR) is 107 cm³/mol. The Labute approximate surface area is 170 Å². The first-order valence-electron chi connectivity index (χ1n) is 8.26. The summed E-state index contributed by atoms with van der Waals surface area (Å²) in [6.07, 6.45) is 0. The minimum Gasteiger partial charge on any atom is -0.494 e. The lowest BCUT2D eigenvalue weighted by Crippen LogP contribution is -2.21. The van der Waals surface area contributed by atoms with E-state index in [0.717, 1.165) is 0 Å². The predicted octanol–water partition coefficient (Wildman–Crippen LogP) is 4.70. The van der Waals surface area contributed by atoms with Gasteiger partial charge in [-0.1, -0.05) is 27.5 Å². The Bertz CT molecular complexity index is 828. The third-order valence-corrected chi connectivity index (χ3v) is 4.14. The molecule has 2 rings (SSSR count). The fourth-order valence-corrected chi connectivity index (χ4v) is 2.75. The minimum atomic E-state index is -0.690. The first kappa shape index (κ1) is 21.1. The number of nitrogens with one attached hydrogen (secondary N) is 1. The van der Waals surface area contributed by atoms with Crippen LogP contribution in [0.4, 0.5) is 5.69 Å². The van der Waals surface area contributed by atoms with Gasteiger partial charge in [-0.2, -0.15) is 0 Å². The summed E-state index contributed by atoms with van der Waals surface area (Å²) in [6.45, 7) is 4.17. The molecule has 0 atom stereocenters. The number of amides is 1. The van der Waals surface area contributed by atoms with Gasteiger partial charge in [0.05, 0.1) is 29.5 Å². The number of hydrogen-bond acceptors (Lipinski definition) is 5. The molecule has 0 saturated heterocycles. The summed E-state index contributed by atoms with van der Waals surface area (Å²) >= 11 is 9.25. The van der Waals surface area contributed by atoms with Crippen molar-refractivity contribution < 1.29 is 23.8 Å². The van der Waals surface area contributed by atoms with Crippen LogP contribution in [0.15, 0.2) is 40.9 Å². The van der Waals surface area contributed by atoms with Crippen LogP contribution < -0.4 is 14.8 Å². The molecule has 1 amide bonds. The molecule has 0 radical (unpaired) electrons. The van der Waals surface area contributed by atoms with Crippen molar-refractivity contribution in [1.82, 2.24) is 0 Å². The Kier molecular flexibility index (Phi) is 7.94. The average Bonchev–Trinajstić information content (AvgIpc) is 2.64. The molecule has 2 aromatic rings. The fourth-order valence-electron chi connectivity index (χ4n) is 2.19. The second-order valence-corrected chi connectivity index (χ2v) is 6.60. The van der Waals surface area contributed by atoms with Gasteiger partial charge in [0.25, 0.3) is 5.91 Å². The van der Waals surface area contributed by atoms with Crippen LogP contribution in [-0.4, -0.2) is 31.7 Å². The summed E-state index contributed by atoms with van der Waals surface area (Å²) in [6, 6.07) is 9.90. The molecule has 6 nitrogen and oxygen atoms in total. The Morgan fingerprint density at radius 3 is 2.52 bits per heavy atom. The SMILES string of the molecule is CCOc1ccc(OCC)c(NC(=O)COC(=O)c2cc(Br)ccc2Cl)c1. The summed E-state index contributed by atoms with van der Waals surface area (Å²) in [5.41, 5.74) is 0.608. The summed E-state index contributed by atoms with van der Waals surface area (Å²) < 4.78 is 16.6. The molecule has 0 aliphatic rings.